The first-order valence-electron chi connectivity index (χ1n) is 7.87. The molecule has 0 spiro atoms. The van der Waals surface area contributed by atoms with Crippen LogP contribution in [0, 0.1) is 5.92 Å². The molecule has 0 heterocycles. The van der Waals surface area contributed by atoms with Crippen LogP contribution in [0.2, 0.25) is 0 Å². The van der Waals surface area contributed by atoms with Gasteiger partial charge in [0, 0.05) is 6.04 Å². The van der Waals surface area contributed by atoms with Crippen LogP contribution in [-0.4, -0.2) is 33.4 Å². The highest BCUT2D eigenvalue weighted by Gasteiger charge is 2.25. The molecular weight excluding hydrogens is 266 g/mol. The largest absolute Gasteiger partial charge is 0.493 e. The lowest BCUT2D eigenvalue weighted by Gasteiger charge is -2.25. The van der Waals surface area contributed by atoms with Crippen molar-refractivity contribution in [1.29, 1.82) is 0 Å². The molecule has 1 aromatic rings. The van der Waals surface area contributed by atoms with E-state index in [1.807, 2.05) is 18.2 Å². The highest BCUT2D eigenvalue weighted by Crippen LogP contribution is 2.37. The van der Waals surface area contributed by atoms with Crippen molar-refractivity contribution in [2.45, 2.75) is 38.6 Å². The molecule has 118 valence electrons. The Morgan fingerprint density at radius 2 is 1.76 bits per heavy atom. The molecule has 1 saturated carbocycles. The molecule has 1 aromatic carbocycles. The molecule has 0 saturated heterocycles. The van der Waals surface area contributed by atoms with Crippen molar-refractivity contribution < 1.29 is 14.2 Å². The van der Waals surface area contributed by atoms with Gasteiger partial charge in [0.1, 0.15) is 6.61 Å². The third kappa shape index (κ3) is 4.03. The summed E-state index contributed by atoms with van der Waals surface area (Å²) in [4.78, 5) is 0. The van der Waals surface area contributed by atoms with Gasteiger partial charge in [0.05, 0.1) is 14.2 Å². The first-order valence-corrected chi connectivity index (χ1v) is 7.87. The number of hydrogen-bond donors (Lipinski definition) is 1. The standard InChI is InChI=1S/C17H27NO3/c1-4-18-14(13-8-5-6-9-13)12-21-17-15(19-2)10-7-11-16(17)20-3/h7,10-11,13-14,18H,4-6,8-9,12H2,1-3H3. The maximum Gasteiger partial charge on any atom is 0.203 e. The minimum atomic E-state index is 0.395. The smallest absolute Gasteiger partial charge is 0.203 e. The molecule has 0 amide bonds. The van der Waals surface area contributed by atoms with Gasteiger partial charge in [-0.05, 0) is 37.4 Å². The van der Waals surface area contributed by atoms with Crippen LogP contribution >= 0.6 is 0 Å². The Kier molecular flexibility index (Phi) is 6.18. The topological polar surface area (TPSA) is 39.7 Å². The van der Waals surface area contributed by atoms with E-state index < -0.39 is 0 Å². The third-order valence-electron chi connectivity index (χ3n) is 4.23. The average molecular weight is 293 g/mol. The fourth-order valence-corrected chi connectivity index (χ4v) is 3.12. The fraction of sp³-hybridized carbons (Fsp3) is 0.647. The Bertz CT molecular complexity index is 408. The van der Waals surface area contributed by atoms with Crippen LogP contribution in [0.15, 0.2) is 18.2 Å². The SMILES string of the molecule is CCNC(COc1c(OC)cccc1OC)C1CCCC1. The van der Waals surface area contributed by atoms with E-state index in [2.05, 4.69) is 12.2 Å². The number of ether oxygens (including phenoxy) is 3. The number of methoxy groups -OCH3 is 2. The van der Waals surface area contributed by atoms with Crippen molar-refractivity contribution in [3.8, 4) is 17.2 Å². The van der Waals surface area contributed by atoms with E-state index in [0.717, 1.165) is 18.0 Å². The maximum atomic E-state index is 6.06. The third-order valence-corrected chi connectivity index (χ3v) is 4.23. The Labute approximate surface area is 127 Å². The summed E-state index contributed by atoms with van der Waals surface area (Å²) >= 11 is 0. The van der Waals surface area contributed by atoms with Crippen molar-refractivity contribution >= 4 is 0 Å². The molecule has 1 atom stereocenters. The Hall–Kier alpha value is -1.42. The molecule has 4 nitrogen and oxygen atoms in total. The van der Waals surface area contributed by atoms with Crippen molar-refractivity contribution in [1.82, 2.24) is 5.32 Å². The van der Waals surface area contributed by atoms with Gasteiger partial charge in [0.25, 0.3) is 0 Å². The molecule has 1 unspecified atom stereocenters. The lowest BCUT2D eigenvalue weighted by Crippen LogP contribution is -2.40. The highest BCUT2D eigenvalue weighted by atomic mass is 16.5. The van der Waals surface area contributed by atoms with E-state index in [4.69, 9.17) is 14.2 Å². The quantitative estimate of drug-likeness (QED) is 0.798. The van der Waals surface area contributed by atoms with Gasteiger partial charge in [0.15, 0.2) is 11.5 Å². The van der Waals surface area contributed by atoms with Gasteiger partial charge >= 0.3 is 0 Å². The molecule has 1 N–H and O–H groups in total. The number of rotatable bonds is 8. The maximum absolute atomic E-state index is 6.06. The summed E-state index contributed by atoms with van der Waals surface area (Å²) in [6.45, 7) is 3.76. The molecule has 0 radical (unpaired) electrons. The van der Waals surface area contributed by atoms with Crippen molar-refractivity contribution in [2.24, 2.45) is 5.92 Å². The molecule has 0 aliphatic heterocycles. The summed E-state index contributed by atoms with van der Waals surface area (Å²) in [6, 6.07) is 6.10. The van der Waals surface area contributed by atoms with Crippen molar-refractivity contribution in [3.05, 3.63) is 18.2 Å². The number of benzene rings is 1. The number of hydrogen-bond acceptors (Lipinski definition) is 4. The monoisotopic (exact) mass is 293 g/mol. The molecule has 1 aliphatic rings. The zero-order chi connectivity index (χ0) is 15.1. The summed E-state index contributed by atoms with van der Waals surface area (Å²) in [5.74, 6) is 2.85. The van der Waals surface area contributed by atoms with Crippen LogP contribution in [0.4, 0.5) is 0 Å². The second kappa shape index (κ2) is 8.13. The predicted molar refractivity (Wildman–Crippen MR) is 84.5 cm³/mol. The Morgan fingerprint density at radius 1 is 1.14 bits per heavy atom. The lowest BCUT2D eigenvalue weighted by molar-refractivity contribution is 0.205. The van der Waals surface area contributed by atoms with Gasteiger partial charge < -0.3 is 19.5 Å². The minimum absolute atomic E-state index is 0.395. The van der Waals surface area contributed by atoms with Crippen LogP contribution in [0.25, 0.3) is 0 Å². The summed E-state index contributed by atoms with van der Waals surface area (Å²) < 4.78 is 16.8. The number of likely N-dealkylation sites (N-methyl/N-ethyl adjacent to an activating group) is 1. The zero-order valence-electron chi connectivity index (χ0n) is 13.4. The van der Waals surface area contributed by atoms with Crippen LogP contribution in [-0.2, 0) is 0 Å². The predicted octanol–water partition coefficient (Wildman–Crippen LogP) is 3.25. The Balaban J connectivity index is 2.05. The minimum Gasteiger partial charge on any atom is -0.493 e. The fourth-order valence-electron chi connectivity index (χ4n) is 3.12. The van der Waals surface area contributed by atoms with E-state index in [-0.39, 0.29) is 0 Å². The van der Waals surface area contributed by atoms with Gasteiger partial charge in [-0.15, -0.1) is 0 Å². The normalized spacial score (nSPS) is 16.7. The summed E-state index contributed by atoms with van der Waals surface area (Å²) in [7, 11) is 3.31. The molecular formula is C17H27NO3. The van der Waals surface area contributed by atoms with Crippen molar-refractivity contribution in [3.63, 3.8) is 0 Å². The van der Waals surface area contributed by atoms with Crippen LogP contribution in [0.1, 0.15) is 32.6 Å². The van der Waals surface area contributed by atoms with Gasteiger partial charge in [-0.3, -0.25) is 0 Å². The van der Waals surface area contributed by atoms with E-state index >= 15 is 0 Å². The first kappa shape index (κ1) is 16.0. The van der Waals surface area contributed by atoms with E-state index in [9.17, 15) is 0 Å². The lowest BCUT2D eigenvalue weighted by atomic mass is 9.99. The second-order valence-electron chi connectivity index (χ2n) is 5.51. The number of para-hydroxylation sites is 1. The first-order chi connectivity index (χ1) is 10.3. The van der Waals surface area contributed by atoms with Gasteiger partial charge in [-0.25, -0.2) is 0 Å². The molecule has 0 aromatic heterocycles. The highest BCUT2D eigenvalue weighted by molar-refractivity contribution is 5.51. The number of nitrogens with one attached hydrogen (secondary N) is 1. The van der Waals surface area contributed by atoms with Crippen LogP contribution in [0.5, 0.6) is 17.2 Å². The van der Waals surface area contributed by atoms with Gasteiger partial charge in [-0.2, -0.15) is 0 Å². The summed E-state index contributed by atoms with van der Waals surface area (Å²) in [5, 5.41) is 3.56. The molecule has 0 bridgehead atoms. The molecule has 4 heteroatoms. The molecule has 1 fully saturated rings. The van der Waals surface area contributed by atoms with E-state index in [1.54, 1.807) is 14.2 Å². The second-order valence-corrected chi connectivity index (χ2v) is 5.51. The molecule has 21 heavy (non-hydrogen) atoms. The van der Waals surface area contributed by atoms with Crippen LogP contribution in [0.3, 0.4) is 0 Å². The van der Waals surface area contributed by atoms with Gasteiger partial charge in [0.2, 0.25) is 5.75 Å². The summed E-state index contributed by atoms with van der Waals surface area (Å²) in [5.41, 5.74) is 0. The molecule has 1 aliphatic carbocycles. The van der Waals surface area contributed by atoms with E-state index in [1.165, 1.54) is 25.7 Å². The summed E-state index contributed by atoms with van der Waals surface area (Å²) in [6.07, 6.45) is 5.27. The Morgan fingerprint density at radius 3 is 2.29 bits per heavy atom. The average Bonchev–Trinajstić information content (AvgIpc) is 3.05. The molecule has 2 rings (SSSR count). The van der Waals surface area contributed by atoms with Crippen LogP contribution < -0.4 is 19.5 Å². The van der Waals surface area contributed by atoms with E-state index in [0.29, 0.717) is 24.3 Å². The van der Waals surface area contributed by atoms with Gasteiger partial charge in [-0.1, -0.05) is 25.8 Å². The van der Waals surface area contributed by atoms with Crippen molar-refractivity contribution in [2.75, 3.05) is 27.4 Å². The zero-order valence-corrected chi connectivity index (χ0v) is 13.4.